The van der Waals surface area contributed by atoms with Gasteiger partial charge in [0.1, 0.15) is 5.01 Å². The van der Waals surface area contributed by atoms with Crippen molar-refractivity contribution in [3.05, 3.63) is 81.1 Å². The fourth-order valence-electron chi connectivity index (χ4n) is 2.87. The van der Waals surface area contributed by atoms with Gasteiger partial charge in [-0.3, -0.25) is 9.59 Å². The molecule has 4 aromatic rings. The second kappa shape index (κ2) is 6.81. The van der Waals surface area contributed by atoms with E-state index in [9.17, 15) is 9.59 Å². The fourth-order valence-corrected chi connectivity index (χ4v) is 3.67. The van der Waals surface area contributed by atoms with Crippen LogP contribution < -0.4 is 10.9 Å². The van der Waals surface area contributed by atoms with Crippen LogP contribution in [0.2, 0.25) is 0 Å². The highest BCUT2D eigenvalue weighted by atomic mass is 32.1. The lowest BCUT2D eigenvalue weighted by Crippen LogP contribution is -2.12. The third kappa shape index (κ3) is 3.52. The molecule has 2 heterocycles. The third-order valence-corrected chi connectivity index (χ3v) is 5.29. The molecule has 0 unspecified atom stereocenters. The molecule has 1 amide bonds. The fraction of sp³-hybridized carbons (Fsp3) is 0.0952. The molecule has 0 aliphatic rings. The number of aromatic nitrogens is 2. The molecule has 2 aromatic heterocycles. The third-order valence-electron chi connectivity index (χ3n) is 4.28. The monoisotopic (exact) mass is 375 g/mol. The van der Waals surface area contributed by atoms with Crippen molar-refractivity contribution < 1.29 is 4.79 Å². The summed E-state index contributed by atoms with van der Waals surface area (Å²) in [6, 6.07) is 14.7. The first-order valence-corrected chi connectivity index (χ1v) is 9.35. The molecule has 134 valence electrons. The van der Waals surface area contributed by atoms with Crippen LogP contribution in [0.25, 0.3) is 21.5 Å². The van der Waals surface area contributed by atoms with Gasteiger partial charge in [0.2, 0.25) is 0 Å². The van der Waals surface area contributed by atoms with Gasteiger partial charge in [-0.25, -0.2) is 4.98 Å². The van der Waals surface area contributed by atoms with E-state index in [1.165, 1.54) is 0 Å². The Morgan fingerprint density at radius 2 is 1.96 bits per heavy atom. The number of anilines is 1. The maximum Gasteiger partial charge on any atom is 0.255 e. The van der Waals surface area contributed by atoms with E-state index < -0.39 is 0 Å². The Balaban J connectivity index is 1.61. The number of aromatic amines is 1. The number of carbonyl (C=O) groups is 1. The lowest BCUT2D eigenvalue weighted by Gasteiger charge is -2.08. The van der Waals surface area contributed by atoms with Crippen LogP contribution in [0.4, 0.5) is 5.69 Å². The second-order valence-electron chi connectivity index (χ2n) is 6.41. The number of nitrogens with one attached hydrogen (secondary N) is 2. The summed E-state index contributed by atoms with van der Waals surface area (Å²) in [5.41, 5.74) is 4.28. The molecular formula is C21H17N3O2S. The molecule has 0 aliphatic carbocycles. The van der Waals surface area contributed by atoms with E-state index >= 15 is 0 Å². The number of benzene rings is 2. The summed E-state index contributed by atoms with van der Waals surface area (Å²) in [5, 5.41) is 6.69. The van der Waals surface area contributed by atoms with Gasteiger partial charge in [-0.2, -0.15) is 0 Å². The van der Waals surface area contributed by atoms with Gasteiger partial charge >= 0.3 is 0 Å². The molecule has 5 nitrogen and oxygen atoms in total. The molecule has 0 fully saturated rings. The number of aryl methyl sites for hydroxylation is 2. The molecule has 0 spiro atoms. The number of pyridine rings is 1. The average Bonchev–Trinajstić information content (AvgIpc) is 3.09. The highest BCUT2D eigenvalue weighted by Crippen LogP contribution is 2.25. The van der Waals surface area contributed by atoms with Crippen LogP contribution >= 0.6 is 11.3 Å². The molecule has 0 bridgehead atoms. The summed E-state index contributed by atoms with van der Waals surface area (Å²) < 4.78 is 0. The van der Waals surface area contributed by atoms with Gasteiger partial charge in [-0.1, -0.05) is 18.2 Å². The number of amides is 1. The van der Waals surface area contributed by atoms with E-state index in [1.54, 1.807) is 30.4 Å². The summed E-state index contributed by atoms with van der Waals surface area (Å²) in [7, 11) is 0. The first kappa shape index (κ1) is 17.2. The molecule has 0 radical (unpaired) electrons. The van der Waals surface area contributed by atoms with Crippen LogP contribution in [0, 0.1) is 13.8 Å². The van der Waals surface area contributed by atoms with Crippen LogP contribution in [0.5, 0.6) is 0 Å². The number of rotatable bonds is 3. The van der Waals surface area contributed by atoms with E-state index in [4.69, 9.17) is 0 Å². The van der Waals surface area contributed by atoms with Crippen molar-refractivity contribution in [3.63, 3.8) is 0 Å². The average molecular weight is 375 g/mol. The highest BCUT2D eigenvalue weighted by molar-refractivity contribution is 7.13. The number of hydrogen-bond donors (Lipinski definition) is 2. The van der Waals surface area contributed by atoms with E-state index in [1.807, 2.05) is 48.7 Å². The topological polar surface area (TPSA) is 74.8 Å². The summed E-state index contributed by atoms with van der Waals surface area (Å²) in [6.45, 7) is 3.72. The van der Waals surface area contributed by atoms with Crippen molar-refractivity contribution >= 4 is 33.8 Å². The van der Waals surface area contributed by atoms with Gasteiger partial charge in [0.05, 0.1) is 5.52 Å². The minimum Gasteiger partial charge on any atom is -0.322 e. The van der Waals surface area contributed by atoms with Crippen LogP contribution in [0.1, 0.15) is 21.6 Å². The van der Waals surface area contributed by atoms with E-state index in [2.05, 4.69) is 15.3 Å². The van der Waals surface area contributed by atoms with Crippen molar-refractivity contribution in [1.29, 1.82) is 0 Å². The molecular weight excluding hydrogens is 358 g/mol. The van der Waals surface area contributed by atoms with Crippen molar-refractivity contribution in [2.24, 2.45) is 0 Å². The zero-order valence-electron chi connectivity index (χ0n) is 14.9. The van der Waals surface area contributed by atoms with Gasteiger partial charge in [0, 0.05) is 33.5 Å². The number of fused-ring (bicyclic) bond motifs is 1. The highest BCUT2D eigenvalue weighted by Gasteiger charge is 2.10. The Kier molecular flexibility index (Phi) is 4.33. The Hall–Kier alpha value is -3.25. The predicted molar refractivity (Wildman–Crippen MR) is 110 cm³/mol. The lowest BCUT2D eigenvalue weighted by molar-refractivity contribution is 0.102. The van der Waals surface area contributed by atoms with Gasteiger partial charge in [-0.05, 0) is 49.6 Å². The Bertz CT molecular complexity index is 1220. The van der Waals surface area contributed by atoms with Crippen molar-refractivity contribution in [2.45, 2.75) is 13.8 Å². The summed E-state index contributed by atoms with van der Waals surface area (Å²) in [6.07, 6.45) is 0. The number of thiazole rings is 1. The van der Waals surface area contributed by atoms with Gasteiger partial charge < -0.3 is 10.3 Å². The summed E-state index contributed by atoms with van der Waals surface area (Å²) in [4.78, 5) is 31.8. The minimum absolute atomic E-state index is 0.127. The molecule has 2 aromatic carbocycles. The number of hydrogen-bond acceptors (Lipinski definition) is 4. The first-order chi connectivity index (χ1) is 13.0. The van der Waals surface area contributed by atoms with Crippen LogP contribution in [-0.2, 0) is 0 Å². The minimum atomic E-state index is -0.209. The Labute approximate surface area is 159 Å². The predicted octanol–water partition coefficient (Wildman–Crippen LogP) is 4.52. The SMILES string of the molecule is Cc1csc(-c2cccc(C(=O)Nc3ccc4cc(C)c(=O)[nH]c4c3)c2)n1. The lowest BCUT2D eigenvalue weighted by atomic mass is 10.1. The largest absolute Gasteiger partial charge is 0.322 e. The van der Waals surface area contributed by atoms with Crippen molar-refractivity contribution in [3.8, 4) is 10.6 Å². The second-order valence-corrected chi connectivity index (χ2v) is 7.27. The van der Waals surface area contributed by atoms with E-state index in [0.29, 0.717) is 22.3 Å². The standard InChI is InChI=1S/C21H17N3O2S/c1-12-8-14-6-7-17(10-18(14)24-19(12)25)23-20(26)15-4-3-5-16(9-15)21-22-13(2)11-27-21/h3-11H,1-2H3,(H,23,26)(H,24,25). The van der Waals surface area contributed by atoms with E-state index in [0.717, 1.165) is 21.7 Å². The maximum atomic E-state index is 12.7. The number of nitrogens with zero attached hydrogens (tertiary/aromatic N) is 1. The van der Waals surface area contributed by atoms with Gasteiger partial charge in [0.15, 0.2) is 0 Å². The Morgan fingerprint density at radius 3 is 2.74 bits per heavy atom. The quantitative estimate of drug-likeness (QED) is 0.553. The van der Waals surface area contributed by atoms with Gasteiger partial charge in [-0.15, -0.1) is 11.3 Å². The molecule has 0 atom stereocenters. The first-order valence-electron chi connectivity index (χ1n) is 8.47. The number of carbonyl (C=O) groups excluding carboxylic acids is 1. The van der Waals surface area contributed by atoms with Gasteiger partial charge in [0.25, 0.3) is 11.5 Å². The summed E-state index contributed by atoms with van der Waals surface area (Å²) in [5.74, 6) is -0.209. The van der Waals surface area contributed by atoms with Crippen LogP contribution in [0.15, 0.2) is 58.7 Å². The van der Waals surface area contributed by atoms with Crippen molar-refractivity contribution in [1.82, 2.24) is 9.97 Å². The number of H-pyrrole nitrogens is 1. The molecule has 6 heteroatoms. The maximum absolute atomic E-state index is 12.7. The molecule has 4 rings (SSSR count). The molecule has 27 heavy (non-hydrogen) atoms. The van der Waals surface area contributed by atoms with Crippen LogP contribution in [0.3, 0.4) is 0 Å². The summed E-state index contributed by atoms with van der Waals surface area (Å²) >= 11 is 1.55. The molecule has 0 saturated heterocycles. The Morgan fingerprint density at radius 1 is 1.11 bits per heavy atom. The molecule has 2 N–H and O–H groups in total. The molecule has 0 saturated carbocycles. The van der Waals surface area contributed by atoms with Crippen molar-refractivity contribution in [2.75, 3.05) is 5.32 Å². The molecule has 0 aliphatic heterocycles. The normalized spacial score (nSPS) is 10.9. The smallest absolute Gasteiger partial charge is 0.255 e. The van der Waals surface area contributed by atoms with Crippen LogP contribution in [-0.4, -0.2) is 15.9 Å². The zero-order valence-corrected chi connectivity index (χ0v) is 15.7. The zero-order chi connectivity index (χ0) is 19.0. The van der Waals surface area contributed by atoms with E-state index in [-0.39, 0.29) is 11.5 Å².